The van der Waals surface area contributed by atoms with Gasteiger partial charge < -0.3 is 4.90 Å². The number of nitrogens with zero attached hydrogens (tertiary/aromatic N) is 1. The van der Waals surface area contributed by atoms with Crippen molar-refractivity contribution in [1.82, 2.24) is 0 Å². The van der Waals surface area contributed by atoms with Crippen molar-refractivity contribution in [2.45, 2.75) is 6.42 Å². The maximum absolute atomic E-state index is 13.7. The average molecular weight is 401 g/mol. The molecule has 0 spiro atoms. The molecule has 104 valence electrons. The van der Waals surface area contributed by atoms with Gasteiger partial charge in [-0.3, -0.25) is 4.79 Å². The van der Waals surface area contributed by atoms with Gasteiger partial charge in [-0.1, -0.05) is 0 Å². The van der Waals surface area contributed by atoms with Crippen LogP contribution in [0.3, 0.4) is 0 Å². The van der Waals surface area contributed by atoms with Gasteiger partial charge in [0.2, 0.25) is 5.91 Å². The van der Waals surface area contributed by atoms with Gasteiger partial charge in [-0.25, -0.2) is 4.39 Å². The van der Waals surface area contributed by atoms with Gasteiger partial charge in [0.25, 0.3) is 0 Å². The molecule has 0 aliphatic carbocycles. The molecule has 0 saturated carbocycles. The van der Waals surface area contributed by atoms with E-state index in [0.717, 1.165) is 0 Å². The van der Waals surface area contributed by atoms with Crippen molar-refractivity contribution in [3.05, 3.63) is 27.6 Å². The first-order valence-electron chi connectivity index (χ1n) is 5.44. The number of benzene rings is 1. The van der Waals surface area contributed by atoms with Crippen LogP contribution in [0.25, 0.3) is 0 Å². The summed E-state index contributed by atoms with van der Waals surface area (Å²) >= 11 is 1.94. The van der Waals surface area contributed by atoms with Crippen molar-refractivity contribution in [3.63, 3.8) is 0 Å². The Balaban J connectivity index is 2.20. The van der Waals surface area contributed by atoms with Crippen LogP contribution in [-0.2, 0) is 15.0 Å². The van der Waals surface area contributed by atoms with Crippen LogP contribution in [0.5, 0.6) is 0 Å². The molecule has 2 rings (SSSR count). The molecule has 1 saturated heterocycles. The fourth-order valence-electron chi connectivity index (χ4n) is 2.11. The number of rotatable bonds is 3. The zero-order valence-electron chi connectivity index (χ0n) is 9.64. The van der Waals surface area contributed by atoms with Gasteiger partial charge >= 0.3 is 10.2 Å². The maximum atomic E-state index is 13.7. The second kappa shape index (κ2) is 5.31. The Morgan fingerprint density at radius 3 is 2.68 bits per heavy atom. The second-order valence-corrected chi connectivity index (χ2v) is 7.03. The van der Waals surface area contributed by atoms with E-state index in [9.17, 15) is 21.5 Å². The molecule has 1 amide bonds. The second-order valence-electron chi connectivity index (χ2n) is 4.38. The van der Waals surface area contributed by atoms with E-state index in [2.05, 4.69) is 0 Å². The molecule has 0 bridgehead atoms. The summed E-state index contributed by atoms with van der Waals surface area (Å²) in [6.07, 6.45) is -0.0887. The highest BCUT2D eigenvalue weighted by Crippen LogP contribution is 2.29. The topological polar surface area (TPSA) is 54.5 Å². The summed E-state index contributed by atoms with van der Waals surface area (Å²) in [7, 11) is -4.63. The molecule has 8 heteroatoms. The third-order valence-corrected chi connectivity index (χ3v) is 4.38. The minimum Gasteiger partial charge on any atom is -0.309 e. The lowest BCUT2D eigenvalue weighted by atomic mass is 10.1. The van der Waals surface area contributed by atoms with E-state index in [1.165, 1.54) is 17.0 Å². The van der Waals surface area contributed by atoms with Gasteiger partial charge in [-0.05, 0) is 40.8 Å². The standard InChI is InChI=1S/C11H10F2INO3S/c12-9-4-8(14)1-2-10(9)15-5-7(3-11(15)16)6-19(13,17)18/h1-2,4,7H,3,5-6H2. The Morgan fingerprint density at radius 2 is 2.11 bits per heavy atom. The third kappa shape index (κ3) is 3.62. The van der Waals surface area contributed by atoms with E-state index in [1.54, 1.807) is 6.07 Å². The van der Waals surface area contributed by atoms with Crippen LogP contribution in [0.2, 0.25) is 0 Å². The molecule has 1 aromatic rings. The number of hydrogen-bond acceptors (Lipinski definition) is 3. The van der Waals surface area contributed by atoms with E-state index in [1.807, 2.05) is 22.6 Å². The summed E-state index contributed by atoms with van der Waals surface area (Å²) in [5, 5.41) is 0. The van der Waals surface area contributed by atoms with Crippen LogP contribution in [0.15, 0.2) is 18.2 Å². The molecule has 1 atom stereocenters. The van der Waals surface area contributed by atoms with Gasteiger partial charge in [-0.15, -0.1) is 3.89 Å². The number of amides is 1. The van der Waals surface area contributed by atoms with E-state index in [4.69, 9.17) is 0 Å². The van der Waals surface area contributed by atoms with Crippen LogP contribution >= 0.6 is 22.6 Å². The molecule has 1 fully saturated rings. The minimum atomic E-state index is -4.63. The van der Waals surface area contributed by atoms with Crippen molar-refractivity contribution >= 4 is 44.4 Å². The number of hydrogen-bond donors (Lipinski definition) is 0. The van der Waals surface area contributed by atoms with Crippen molar-refractivity contribution in [1.29, 1.82) is 0 Å². The van der Waals surface area contributed by atoms with Gasteiger partial charge in [0.05, 0.1) is 11.4 Å². The fraction of sp³-hybridized carbons (Fsp3) is 0.364. The van der Waals surface area contributed by atoms with Crippen LogP contribution in [0, 0.1) is 15.3 Å². The van der Waals surface area contributed by atoms with Gasteiger partial charge in [0, 0.05) is 22.5 Å². The predicted octanol–water partition coefficient (Wildman–Crippen LogP) is 2.08. The lowest BCUT2D eigenvalue weighted by Gasteiger charge is -2.17. The average Bonchev–Trinajstić information content (AvgIpc) is 2.56. The molecule has 1 heterocycles. The molecule has 0 N–H and O–H groups in total. The monoisotopic (exact) mass is 401 g/mol. The highest BCUT2D eigenvalue weighted by atomic mass is 127. The SMILES string of the molecule is O=C1CC(CS(=O)(=O)F)CN1c1ccc(I)cc1F. The van der Waals surface area contributed by atoms with Gasteiger partial charge in [0.1, 0.15) is 5.82 Å². The summed E-state index contributed by atoms with van der Waals surface area (Å²) in [5.41, 5.74) is 0.101. The lowest BCUT2D eigenvalue weighted by Crippen LogP contribution is -2.26. The molecule has 0 radical (unpaired) electrons. The first kappa shape index (κ1) is 14.6. The Labute approximate surface area is 123 Å². The van der Waals surface area contributed by atoms with E-state index in [0.29, 0.717) is 3.57 Å². The highest BCUT2D eigenvalue weighted by Gasteiger charge is 2.34. The van der Waals surface area contributed by atoms with E-state index in [-0.39, 0.29) is 18.7 Å². The molecule has 1 aromatic carbocycles. The van der Waals surface area contributed by atoms with E-state index < -0.39 is 33.6 Å². The third-order valence-electron chi connectivity index (χ3n) is 2.84. The van der Waals surface area contributed by atoms with Crippen LogP contribution in [-0.4, -0.2) is 26.6 Å². The smallest absolute Gasteiger partial charge is 0.302 e. The molecule has 19 heavy (non-hydrogen) atoms. The maximum Gasteiger partial charge on any atom is 0.302 e. The zero-order valence-corrected chi connectivity index (χ0v) is 12.6. The first-order chi connectivity index (χ1) is 8.76. The summed E-state index contributed by atoms with van der Waals surface area (Å²) < 4.78 is 48.2. The summed E-state index contributed by atoms with van der Waals surface area (Å²) in [6, 6.07) is 4.38. The van der Waals surface area contributed by atoms with Gasteiger partial charge in [-0.2, -0.15) is 8.42 Å². The number of anilines is 1. The quantitative estimate of drug-likeness (QED) is 0.576. The highest BCUT2D eigenvalue weighted by molar-refractivity contribution is 14.1. The zero-order chi connectivity index (χ0) is 14.2. The summed E-state index contributed by atoms with van der Waals surface area (Å²) in [5.74, 6) is -2.29. The fourth-order valence-corrected chi connectivity index (χ4v) is 3.35. The Morgan fingerprint density at radius 1 is 1.42 bits per heavy atom. The molecule has 4 nitrogen and oxygen atoms in total. The normalized spacial score (nSPS) is 20.1. The summed E-state index contributed by atoms with van der Waals surface area (Å²) in [4.78, 5) is 12.9. The lowest BCUT2D eigenvalue weighted by molar-refractivity contribution is -0.117. The van der Waals surface area contributed by atoms with E-state index >= 15 is 0 Å². The van der Waals surface area contributed by atoms with Crippen molar-refractivity contribution in [2.24, 2.45) is 5.92 Å². The van der Waals surface area contributed by atoms with Crippen molar-refractivity contribution in [3.8, 4) is 0 Å². The molecule has 1 aliphatic heterocycles. The number of halogens is 3. The molecular weight excluding hydrogens is 391 g/mol. The van der Waals surface area contributed by atoms with Crippen LogP contribution < -0.4 is 4.90 Å². The Kier molecular flexibility index (Phi) is 4.09. The van der Waals surface area contributed by atoms with Crippen molar-refractivity contribution in [2.75, 3.05) is 17.2 Å². The van der Waals surface area contributed by atoms with Crippen molar-refractivity contribution < 1.29 is 21.5 Å². The molecule has 1 unspecified atom stereocenters. The predicted molar refractivity (Wildman–Crippen MR) is 74.5 cm³/mol. The Hall–Kier alpha value is -0.770. The van der Waals surface area contributed by atoms with Crippen LogP contribution in [0.1, 0.15) is 6.42 Å². The largest absolute Gasteiger partial charge is 0.309 e. The molecule has 1 aliphatic rings. The number of carbonyl (C=O) groups is 1. The van der Waals surface area contributed by atoms with Gasteiger partial charge in [0.15, 0.2) is 0 Å². The van der Waals surface area contributed by atoms with Crippen LogP contribution in [0.4, 0.5) is 14.0 Å². The number of carbonyl (C=O) groups excluding carboxylic acids is 1. The Bertz CT molecular complexity index is 620. The summed E-state index contributed by atoms with van der Waals surface area (Å²) in [6.45, 7) is 0.0134. The molecule has 0 aromatic heterocycles. The first-order valence-corrected chi connectivity index (χ1v) is 8.07. The molecular formula is C11H10F2INO3S. The minimum absolute atomic E-state index is 0.0134.